The summed E-state index contributed by atoms with van der Waals surface area (Å²) in [4.78, 5) is -0.0197. The van der Waals surface area contributed by atoms with E-state index in [9.17, 15) is 8.42 Å². The topological polar surface area (TPSA) is 88.8 Å². The van der Waals surface area contributed by atoms with Crippen LogP contribution in [0.3, 0.4) is 0 Å². The lowest BCUT2D eigenvalue weighted by Gasteiger charge is -2.16. The minimum Gasteiger partial charge on any atom is -0.450 e. The van der Waals surface area contributed by atoms with Crippen LogP contribution >= 0.6 is 15.9 Å². The molecule has 2 N–H and O–H groups in total. The summed E-state index contributed by atoms with van der Waals surface area (Å²) in [6, 6.07) is 1.00. The molecule has 0 aliphatic rings. The number of halogens is 1. The first kappa shape index (κ1) is 16.6. The highest BCUT2D eigenvalue weighted by molar-refractivity contribution is 9.10. The maximum absolute atomic E-state index is 12.2. The summed E-state index contributed by atoms with van der Waals surface area (Å²) in [6.07, 6.45) is 1.51. The van der Waals surface area contributed by atoms with E-state index >= 15 is 0 Å². The van der Waals surface area contributed by atoms with Crippen LogP contribution in [0.4, 0.5) is 0 Å². The van der Waals surface area contributed by atoms with Gasteiger partial charge in [0.2, 0.25) is 10.0 Å². The van der Waals surface area contributed by atoms with Gasteiger partial charge in [-0.2, -0.15) is 0 Å². The van der Waals surface area contributed by atoms with Gasteiger partial charge >= 0.3 is 0 Å². The molecule has 0 aliphatic carbocycles. The van der Waals surface area contributed by atoms with Gasteiger partial charge in [0.25, 0.3) is 0 Å². The fourth-order valence-electron chi connectivity index (χ4n) is 1.67. The second-order valence-corrected chi connectivity index (χ2v) is 6.47. The third-order valence-electron chi connectivity index (χ3n) is 2.48. The molecule has 0 radical (unpaired) electrons. The Balaban J connectivity index is 2.92. The van der Waals surface area contributed by atoms with Crippen LogP contribution < -0.4 is 4.72 Å². The Bertz CT molecular complexity index is 493. The predicted octanol–water partition coefficient (Wildman–Crippen LogP) is 1.63. The molecule has 1 aromatic rings. The molecule has 1 heterocycles. The van der Waals surface area contributed by atoms with Crippen molar-refractivity contribution in [3.05, 3.63) is 16.5 Å². The predicted molar refractivity (Wildman–Crippen MR) is 73.2 cm³/mol. The van der Waals surface area contributed by atoms with Crippen LogP contribution in [0.5, 0.6) is 0 Å². The molecule has 0 spiro atoms. The molecule has 0 aromatic carbocycles. The Kier molecular flexibility index (Phi) is 6.48. The highest BCUT2D eigenvalue weighted by atomic mass is 79.9. The number of hydrogen-bond acceptors (Lipinski definition) is 5. The molecule has 1 aromatic heterocycles. The SMILES string of the molecule is CCCC(COC)NS(=O)(=O)c1cc(CO)oc1Br. The smallest absolute Gasteiger partial charge is 0.245 e. The minimum atomic E-state index is -3.71. The van der Waals surface area contributed by atoms with Crippen LogP contribution in [0, 0.1) is 0 Å². The summed E-state index contributed by atoms with van der Waals surface area (Å²) < 4.78 is 37.1. The lowest BCUT2D eigenvalue weighted by atomic mass is 10.2. The molecule has 1 atom stereocenters. The van der Waals surface area contributed by atoms with Crippen molar-refractivity contribution in [3.8, 4) is 0 Å². The van der Waals surface area contributed by atoms with E-state index in [0.717, 1.165) is 6.42 Å². The summed E-state index contributed by atoms with van der Waals surface area (Å²) in [5, 5.41) is 8.94. The van der Waals surface area contributed by atoms with Crippen LogP contribution in [0.2, 0.25) is 0 Å². The molecule has 8 heteroatoms. The number of hydrogen-bond donors (Lipinski definition) is 2. The first-order valence-electron chi connectivity index (χ1n) is 5.85. The molecular weight excluding hydrogens is 338 g/mol. The maximum atomic E-state index is 12.2. The summed E-state index contributed by atoms with van der Waals surface area (Å²) in [5.74, 6) is 0.186. The lowest BCUT2D eigenvalue weighted by Crippen LogP contribution is -2.37. The Morgan fingerprint density at radius 2 is 2.26 bits per heavy atom. The summed E-state index contributed by atoms with van der Waals surface area (Å²) in [5.41, 5.74) is 0. The Labute approximate surface area is 121 Å². The number of ether oxygens (including phenoxy) is 1. The van der Waals surface area contributed by atoms with E-state index in [2.05, 4.69) is 20.7 Å². The van der Waals surface area contributed by atoms with Gasteiger partial charge in [-0.05, 0) is 22.4 Å². The third-order valence-corrected chi connectivity index (χ3v) is 4.86. The van der Waals surface area contributed by atoms with Crippen molar-refractivity contribution in [2.24, 2.45) is 0 Å². The molecule has 0 saturated carbocycles. The molecule has 0 amide bonds. The molecule has 0 saturated heterocycles. The van der Waals surface area contributed by atoms with E-state index in [1.165, 1.54) is 13.2 Å². The van der Waals surface area contributed by atoms with Crippen molar-refractivity contribution in [1.82, 2.24) is 4.72 Å². The van der Waals surface area contributed by atoms with E-state index in [1.54, 1.807) is 0 Å². The highest BCUT2D eigenvalue weighted by Gasteiger charge is 2.25. The molecule has 19 heavy (non-hydrogen) atoms. The van der Waals surface area contributed by atoms with Crippen molar-refractivity contribution >= 4 is 26.0 Å². The number of methoxy groups -OCH3 is 1. The van der Waals surface area contributed by atoms with Crippen molar-refractivity contribution in [3.63, 3.8) is 0 Å². The zero-order chi connectivity index (χ0) is 14.5. The van der Waals surface area contributed by atoms with Crippen LogP contribution in [-0.4, -0.2) is 33.3 Å². The van der Waals surface area contributed by atoms with Gasteiger partial charge in [0.15, 0.2) is 4.67 Å². The molecule has 0 bridgehead atoms. The van der Waals surface area contributed by atoms with E-state index in [0.29, 0.717) is 13.0 Å². The average molecular weight is 356 g/mol. The van der Waals surface area contributed by atoms with Crippen molar-refractivity contribution < 1.29 is 22.7 Å². The number of rotatable bonds is 8. The van der Waals surface area contributed by atoms with Crippen molar-refractivity contribution in [2.45, 2.75) is 37.3 Å². The minimum absolute atomic E-state index is 0.0197. The van der Waals surface area contributed by atoms with Crippen molar-refractivity contribution in [1.29, 1.82) is 0 Å². The van der Waals surface area contributed by atoms with Gasteiger partial charge in [-0.1, -0.05) is 13.3 Å². The number of furan rings is 1. The summed E-state index contributed by atoms with van der Waals surface area (Å²) in [7, 11) is -2.18. The van der Waals surface area contributed by atoms with Crippen molar-refractivity contribution in [2.75, 3.05) is 13.7 Å². The van der Waals surface area contributed by atoms with Gasteiger partial charge < -0.3 is 14.3 Å². The normalized spacial score (nSPS) is 13.7. The van der Waals surface area contributed by atoms with Gasteiger partial charge in [0.05, 0.1) is 6.61 Å². The average Bonchev–Trinajstić information content (AvgIpc) is 2.71. The Morgan fingerprint density at radius 1 is 1.58 bits per heavy atom. The second-order valence-electron chi connectivity index (χ2n) is 4.07. The van der Waals surface area contributed by atoms with Gasteiger partial charge in [-0.3, -0.25) is 0 Å². The number of aliphatic hydroxyl groups excluding tert-OH is 1. The zero-order valence-electron chi connectivity index (χ0n) is 10.8. The van der Waals surface area contributed by atoms with Gasteiger partial charge in [-0.15, -0.1) is 0 Å². The van der Waals surface area contributed by atoms with E-state index in [4.69, 9.17) is 14.3 Å². The first-order valence-corrected chi connectivity index (χ1v) is 8.12. The molecule has 1 rings (SSSR count). The fraction of sp³-hybridized carbons (Fsp3) is 0.636. The Hall–Kier alpha value is -0.410. The van der Waals surface area contributed by atoms with Crippen LogP contribution in [0.15, 0.2) is 20.0 Å². The molecule has 110 valence electrons. The van der Waals surface area contributed by atoms with Crippen LogP contribution in [0.1, 0.15) is 25.5 Å². The van der Waals surface area contributed by atoms with Gasteiger partial charge in [-0.25, -0.2) is 13.1 Å². The molecule has 0 fully saturated rings. The molecule has 1 unspecified atom stereocenters. The molecular formula is C11H18BrNO5S. The van der Waals surface area contributed by atoms with E-state index < -0.39 is 10.0 Å². The van der Waals surface area contributed by atoms with Gasteiger partial charge in [0, 0.05) is 19.2 Å². The molecule has 6 nitrogen and oxygen atoms in total. The van der Waals surface area contributed by atoms with Gasteiger partial charge in [0.1, 0.15) is 17.3 Å². The second kappa shape index (κ2) is 7.39. The lowest BCUT2D eigenvalue weighted by molar-refractivity contribution is 0.171. The third kappa shape index (κ3) is 4.57. The Morgan fingerprint density at radius 3 is 2.74 bits per heavy atom. The number of aliphatic hydroxyl groups is 1. The number of nitrogens with one attached hydrogen (secondary N) is 1. The molecule has 0 aliphatic heterocycles. The summed E-state index contributed by atoms with van der Waals surface area (Å²) in [6.45, 7) is 1.91. The first-order chi connectivity index (χ1) is 8.94. The monoisotopic (exact) mass is 355 g/mol. The standard InChI is InChI=1S/C11H18BrNO5S/c1-3-4-8(7-17-2)13-19(15,16)10-5-9(6-14)18-11(10)12/h5,8,13-14H,3-4,6-7H2,1-2H3. The zero-order valence-corrected chi connectivity index (χ0v) is 13.3. The maximum Gasteiger partial charge on any atom is 0.245 e. The van der Waals surface area contributed by atoms with E-state index in [1.807, 2.05) is 6.92 Å². The van der Waals surface area contributed by atoms with E-state index in [-0.39, 0.29) is 28.0 Å². The largest absolute Gasteiger partial charge is 0.450 e. The van der Waals surface area contributed by atoms with Crippen LogP contribution in [0.25, 0.3) is 0 Å². The highest BCUT2D eigenvalue weighted by Crippen LogP contribution is 2.26. The van der Waals surface area contributed by atoms with Crippen LogP contribution in [-0.2, 0) is 21.4 Å². The fourth-order valence-corrected chi connectivity index (χ4v) is 3.92. The number of sulfonamides is 1. The quantitative estimate of drug-likeness (QED) is 0.739. The summed E-state index contributed by atoms with van der Waals surface area (Å²) >= 11 is 3.03.